The average molecular weight is 427 g/mol. The Bertz CT molecular complexity index is 1400. The molecule has 7 nitrogen and oxygen atoms in total. The van der Waals surface area contributed by atoms with Gasteiger partial charge in [0.15, 0.2) is 5.65 Å². The van der Waals surface area contributed by atoms with Crippen molar-refractivity contribution < 1.29 is 4.79 Å². The summed E-state index contributed by atoms with van der Waals surface area (Å²) in [7, 11) is 0. The Kier molecular flexibility index (Phi) is 4.86. The van der Waals surface area contributed by atoms with E-state index >= 15 is 0 Å². The van der Waals surface area contributed by atoms with Crippen molar-refractivity contribution in [2.24, 2.45) is 0 Å². The van der Waals surface area contributed by atoms with Gasteiger partial charge in [0, 0.05) is 28.0 Å². The van der Waals surface area contributed by atoms with E-state index in [0.29, 0.717) is 39.1 Å². The predicted molar refractivity (Wildman–Crippen MR) is 119 cm³/mol. The van der Waals surface area contributed by atoms with Crippen LogP contribution in [0.25, 0.3) is 28.4 Å². The highest BCUT2D eigenvalue weighted by Gasteiger charge is 2.12. The number of carbonyl (C=O) groups excluding carboxylic acids is 1. The van der Waals surface area contributed by atoms with Gasteiger partial charge in [-0.3, -0.25) is 9.78 Å². The van der Waals surface area contributed by atoms with Crippen LogP contribution in [0.3, 0.4) is 0 Å². The lowest BCUT2D eigenvalue weighted by Gasteiger charge is -2.08. The van der Waals surface area contributed by atoms with Gasteiger partial charge in [0.2, 0.25) is 5.82 Å². The van der Waals surface area contributed by atoms with Gasteiger partial charge in [-0.2, -0.15) is 9.61 Å². The highest BCUT2D eigenvalue weighted by Crippen LogP contribution is 2.23. The lowest BCUT2D eigenvalue weighted by atomic mass is 10.1. The summed E-state index contributed by atoms with van der Waals surface area (Å²) < 4.78 is 1.66. The summed E-state index contributed by atoms with van der Waals surface area (Å²) in [4.78, 5) is 16.9. The van der Waals surface area contributed by atoms with Crippen molar-refractivity contribution in [3.05, 3.63) is 95.6 Å². The number of pyridine rings is 1. The molecule has 0 fully saturated rings. The van der Waals surface area contributed by atoms with Crippen molar-refractivity contribution in [3.8, 4) is 22.8 Å². The summed E-state index contributed by atoms with van der Waals surface area (Å²) >= 11 is 5.99. The molecule has 0 spiro atoms. The molecule has 2 aromatic carbocycles. The van der Waals surface area contributed by atoms with Crippen LogP contribution in [0.5, 0.6) is 0 Å². The van der Waals surface area contributed by atoms with E-state index < -0.39 is 0 Å². The van der Waals surface area contributed by atoms with Gasteiger partial charge < -0.3 is 5.32 Å². The number of rotatable bonds is 4. The fraction of sp³-hybridized carbons (Fsp3) is 0. The molecule has 5 aromatic rings. The van der Waals surface area contributed by atoms with E-state index in [1.54, 1.807) is 35.0 Å². The zero-order valence-electron chi connectivity index (χ0n) is 16.1. The first kappa shape index (κ1) is 18.9. The third-order valence-corrected chi connectivity index (χ3v) is 4.89. The zero-order chi connectivity index (χ0) is 21.2. The Labute approximate surface area is 182 Å². The van der Waals surface area contributed by atoms with Crippen LogP contribution >= 0.6 is 11.6 Å². The second kappa shape index (κ2) is 7.97. The second-order valence-electron chi connectivity index (χ2n) is 6.77. The van der Waals surface area contributed by atoms with E-state index in [-0.39, 0.29) is 5.91 Å². The molecular weight excluding hydrogens is 412 g/mol. The molecule has 0 bridgehead atoms. The van der Waals surface area contributed by atoms with Crippen LogP contribution in [0.2, 0.25) is 5.02 Å². The molecule has 0 aliphatic heterocycles. The molecule has 0 atom stereocenters. The van der Waals surface area contributed by atoms with Crippen LogP contribution in [0.1, 0.15) is 10.4 Å². The fourth-order valence-electron chi connectivity index (χ4n) is 3.19. The number of nitrogens with one attached hydrogen (secondary N) is 1. The third kappa shape index (κ3) is 3.86. The Balaban J connectivity index is 1.47. The summed E-state index contributed by atoms with van der Waals surface area (Å²) in [6.45, 7) is 0. The average Bonchev–Trinajstić information content (AvgIpc) is 3.23. The number of amides is 1. The van der Waals surface area contributed by atoms with Crippen LogP contribution in [0.15, 0.2) is 85.1 Å². The lowest BCUT2D eigenvalue weighted by molar-refractivity contribution is 0.102. The van der Waals surface area contributed by atoms with Gasteiger partial charge >= 0.3 is 0 Å². The minimum atomic E-state index is -0.237. The lowest BCUT2D eigenvalue weighted by Crippen LogP contribution is -2.11. The van der Waals surface area contributed by atoms with Gasteiger partial charge in [0.25, 0.3) is 5.91 Å². The number of nitrogens with zero attached hydrogens (tertiary/aromatic N) is 5. The maximum Gasteiger partial charge on any atom is 0.255 e. The Morgan fingerprint density at radius 1 is 0.871 bits per heavy atom. The summed E-state index contributed by atoms with van der Waals surface area (Å²) in [5.74, 6) is 0.321. The smallest absolute Gasteiger partial charge is 0.255 e. The molecule has 31 heavy (non-hydrogen) atoms. The van der Waals surface area contributed by atoms with E-state index in [9.17, 15) is 4.79 Å². The van der Waals surface area contributed by atoms with E-state index in [4.69, 9.17) is 16.7 Å². The molecule has 3 heterocycles. The van der Waals surface area contributed by atoms with Gasteiger partial charge in [-0.25, -0.2) is 0 Å². The Hall–Kier alpha value is -4.10. The van der Waals surface area contributed by atoms with Crippen LogP contribution in [-0.2, 0) is 0 Å². The second-order valence-corrected chi connectivity index (χ2v) is 7.21. The molecule has 0 saturated carbocycles. The molecule has 150 valence electrons. The number of aromatic nitrogens is 5. The van der Waals surface area contributed by atoms with Gasteiger partial charge in [-0.1, -0.05) is 35.9 Å². The van der Waals surface area contributed by atoms with Crippen molar-refractivity contribution in [2.45, 2.75) is 0 Å². The topological polar surface area (TPSA) is 85.1 Å². The van der Waals surface area contributed by atoms with Gasteiger partial charge in [-0.05, 0) is 54.6 Å². The number of hydrogen-bond acceptors (Lipinski definition) is 5. The summed E-state index contributed by atoms with van der Waals surface area (Å²) in [6, 6.07) is 23.6. The van der Waals surface area contributed by atoms with E-state index in [2.05, 4.69) is 20.5 Å². The molecule has 1 N–H and O–H groups in total. The third-order valence-electron chi connectivity index (χ3n) is 4.66. The van der Waals surface area contributed by atoms with Crippen LogP contribution < -0.4 is 5.32 Å². The molecule has 0 unspecified atom stereocenters. The number of hydrogen-bond donors (Lipinski definition) is 1. The van der Waals surface area contributed by atoms with Gasteiger partial charge in [-0.15, -0.1) is 10.2 Å². The molecule has 0 aliphatic carbocycles. The maximum atomic E-state index is 12.5. The molecule has 0 saturated heterocycles. The molecule has 1 amide bonds. The minimum Gasteiger partial charge on any atom is -0.322 e. The van der Waals surface area contributed by atoms with Crippen LogP contribution in [-0.4, -0.2) is 30.7 Å². The first-order valence-electron chi connectivity index (χ1n) is 9.49. The van der Waals surface area contributed by atoms with E-state index in [0.717, 1.165) is 5.56 Å². The number of anilines is 1. The highest BCUT2D eigenvalue weighted by atomic mass is 35.5. The van der Waals surface area contributed by atoms with Crippen LogP contribution in [0.4, 0.5) is 5.69 Å². The van der Waals surface area contributed by atoms with Gasteiger partial charge in [0.1, 0.15) is 5.69 Å². The first-order valence-corrected chi connectivity index (χ1v) is 9.86. The Morgan fingerprint density at radius 2 is 1.77 bits per heavy atom. The normalized spacial score (nSPS) is 10.9. The first-order chi connectivity index (χ1) is 15.2. The quantitative estimate of drug-likeness (QED) is 0.448. The zero-order valence-corrected chi connectivity index (χ0v) is 16.9. The summed E-state index contributed by atoms with van der Waals surface area (Å²) in [5.41, 5.74) is 3.99. The van der Waals surface area contributed by atoms with Crippen molar-refractivity contribution in [3.63, 3.8) is 0 Å². The van der Waals surface area contributed by atoms with Crippen molar-refractivity contribution in [2.75, 3.05) is 5.32 Å². The van der Waals surface area contributed by atoms with Crippen LogP contribution in [0, 0.1) is 0 Å². The molecule has 3 aromatic heterocycles. The standard InChI is InChI=1S/C23H15ClN6O/c24-17-7-3-6-16(13-17)23(31)26-18-8-4-5-15(14-18)19-10-11-21-27-28-22(30(21)29-19)20-9-1-2-12-25-20/h1-14H,(H,26,31). The number of fused-ring (bicyclic) bond motifs is 1. The van der Waals surface area contributed by atoms with E-state index in [1.807, 2.05) is 54.6 Å². The Morgan fingerprint density at radius 3 is 2.61 bits per heavy atom. The molecule has 5 rings (SSSR count). The summed E-state index contributed by atoms with van der Waals surface area (Å²) in [5, 5.41) is 16.5. The number of benzene rings is 2. The number of carbonyl (C=O) groups is 1. The van der Waals surface area contributed by atoms with Crippen molar-refractivity contribution >= 4 is 28.8 Å². The van der Waals surface area contributed by atoms with Crippen molar-refractivity contribution in [1.82, 2.24) is 24.8 Å². The van der Waals surface area contributed by atoms with Crippen molar-refractivity contribution in [1.29, 1.82) is 0 Å². The van der Waals surface area contributed by atoms with E-state index in [1.165, 1.54) is 0 Å². The molecule has 0 radical (unpaired) electrons. The predicted octanol–water partition coefficient (Wildman–Crippen LogP) is 4.76. The minimum absolute atomic E-state index is 0.237. The monoisotopic (exact) mass is 426 g/mol. The molecular formula is C23H15ClN6O. The molecule has 0 aliphatic rings. The SMILES string of the molecule is O=C(Nc1cccc(-c2ccc3nnc(-c4ccccn4)n3n2)c1)c1cccc(Cl)c1. The molecule has 8 heteroatoms. The van der Waals surface area contributed by atoms with Gasteiger partial charge in [0.05, 0.1) is 5.69 Å². The number of halogens is 1. The largest absolute Gasteiger partial charge is 0.322 e. The summed E-state index contributed by atoms with van der Waals surface area (Å²) in [6.07, 6.45) is 1.70. The fourth-order valence-corrected chi connectivity index (χ4v) is 3.38. The highest BCUT2D eigenvalue weighted by molar-refractivity contribution is 6.31. The maximum absolute atomic E-state index is 12.5.